The number of benzene rings is 2. The van der Waals surface area contributed by atoms with Gasteiger partial charge in [0, 0.05) is 11.4 Å². The number of anilines is 2. The molecule has 0 aliphatic heterocycles. The fraction of sp³-hybridized carbons (Fsp3) is 0.350. The molecule has 2 aromatic rings. The van der Waals surface area contributed by atoms with Crippen LogP contribution >= 0.6 is 0 Å². The third kappa shape index (κ3) is 4.77. The molecule has 0 spiro atoms. The summed E-state index contributed by atoms with van der Waals surface area (Å²) in [5.74, 6) is 0.384. The molecular weight excluding hydrogens is 341 g/mol. The molecule has 140 valence electrons. The van der Waals surface area contributed by atoms with Gasteiger partial charge < -0.3 is 10.6 Å². The molecule has 0 radical (unpaired) electrons. The molecule has 2 rings (SSSR count). The zero-order chi connectivity index (χ0) is 19.5. The van der Waals surface area contributed by atoms with E-state index < -0.39 is 17.8 Å². The second-order valence-corrected chi connectivity index (χ2v) is 6.78. The Morgan fingerprint density at radius 2 is 1.42 bits per heavy atom. The van der Waals surface area contributed by atoms with Crippen molar-refractivity contribution >= 4 is 17.4 Å². The summed E-state index contributed by atoms with van der Waals surface area (Å²) < 4.78 is 38.4. The first-order valence-corrected chi connectivity index (χ1v) is 8.47. The molecule has 0 bridgehead atoms. The molecule has 26 heavy (non-hydrogen) atoms. The standard InChI is InChI=1S/C20H23F3N2O/c1-12(2)16-9-6-10-17(13(3)4)18(16)25-19(26)24-15-8-5-7-14(11-15)20(21,22)23/h5-13H,1-4H3,(H2,24,25,26). The molecule has 2 aromatic carbocycles. The van der Waals surface area contributed by atoms with Gasteiger partial charge in [-0.2, -0.15) is 13.2 Å². The lowest BCUT2D eigenvalue weighted by Crippen LogP contribution is -2.22. The minimum absolute atomic E-state index is 0.0884. The highest BCUT2D eigenvalue weighted by molar-refractivity contribution is 6.01. The van der Waals surface area contributed by atoms with Crippen LogP contribution in [0.2, 0.25) is 0 Å². The van der Waals surface area contributed by atoms with Gasteiger partial charge in [-0.05, 0) is 41.2 Å². The summed E-state index contributed by atoms with van der Waals surface area (Å²) in [5.41, 5.74) is 1.96. The third-order valence-electron chi connectivity index (χ3n) is 4.06. The summed E-state index contributed by atoms with van der Waals surface area (Å²) >= 11 is 0. The molecule has 0 saturated heterocycles. The lowest BCUT2D eigenvalue weighted by Gasteiger charge is -2.20. The maximum absolute atomic E-state index is 12.8. The number of carbonyl (C=O) groups excluding carboxylic acids is 1. The van der Waals surface area contributed by atoms with Crippen molar-refractivity contribution in [3.05, 3.63) is 59.2 Å². The lowest BCUT2D eigenvalue weighted by molar-refractivity contribution is -0.137. The van der Waals surface area contributed by atoms with E-state index in [1.54, 1.807) is 0 Å². The van der Waals surface area contributed by atoms with E-state index in [4.69, 9.17) is 0 Å². The number of nitrogens with one attached hydrogen (secondary N) is 2. The molecule has 2 amide bonds. The van der Waals surface area contributed by atoms with Crippen LogP contribution in [0.25, 0.3) is 0 Å². The number of hydrogen-bond acceptors (Lipinski definition) is 1. The monoisotopic (exact) mass is 364 g/mol. The highest BCUT2D eigenvalue weighted by atomic mass is 19.4. The normalized spacial score (nSPS) is 11.7. The Balaban J connectivity index is 2.26. The minimum Gasteiger partial charge on any atom is -0.308 e. The average molecular weight is 364 g/mol. The number of halogens is 3. The van der Waals surface area contributed by atoms with Gasteiger partial charge in [-0.1, -0.05) is 52.0 Å². The average Bonchev–Trinajstić information content (AvgIpc) is 2.53. The van der Waals surface area contributed by atoms with Crippen molar-refractivity contribution in [3.63, 3.8) is 0 Å². The molecule has 0 heterocycles. The van der Waals surface area contributed by atoms with E-state index in [1.807, 2.05) is 45.9 Å². The Labute approximate surface area is 151 Å². The van der Waals surface area contributed by atoms with Gasteiger partial charge in [0.05, 0.1) is 5.56 Å². The molecule has 2 N–H and O–H groups in total. The second kappa shape index (κ2) is 7.81. The second-order valence-electron chi connectivity index (χ2n) is 6.78. The zero-order valence-electron chi connectivity index (χ0n) is 15.2. The van der Waals surface area contributed by atoms with Crippen LogP contribution < -0.4 is 10.6 Å². The van der Waals surface area contributed by atoms with Gasteiger partial charge in [0.15, 0.2) is 0 Å². The van der Waals surface area contributed by atoms with Gasteiger partial charge >= 0.3 is 12.2 Å². The first-order valence-electron chi connectivity index (χ1n) is 8.47. The molecule has 6 heteroatoms. The van der Waals surface area contributed by atoms with Crippen molar-refractivity contribution in [2.75, 3.05) is 10.6 Å². The predicted octanol–water partition coefficient (Wildman–Crippen LogP) is 6.60. The lowest BCUT2D eigenvalue weighted by atomic mass is 9.93. The highest BCUT2D eigenvalue weighted by Crippen LogP contribution is 2.33. The summed E-state index contributed by atoms with van der Waals surface area (Å²) in [6.07, 6.45) is -4.46. The third-order valence-corrected chi connectivity index (χ3v) is 4.06. The van der Waals surface area contributed by atoms with E-state index in [0.717, 1.165) is 23.3 Å². The molecule has 0 fully saturated rings. The van der Waals surface area contributed by atoms with Crippen molar-refractivity contribution in [3.8, 4) is 0 Å². The molecule has 0 saturated carbocycles. The molecule has 3 nitrogen and oxygen atoms in total. The van der Waals surface area contributed by atoms with E-state index in [1.165, 1.54) is 12.1 Å². The van der Waals surface area contributed by atoms with Crippen LogP contribution in [0.15, 0.2) is 42.5 Å². The molecule has 0 unspecified atom stereocenters. The van der Waals surface area contributed by atoms with Crippen molar-refractivity contribution in [2.45, 2.75) is 45.7 Å². The summed E-state index contributed by atoms with van der Waals surface area (Å²) in [6.45, 7) is 8.09. The van der Waals surface area contributed by atoms with Crippen LogP contribution in [0.1, 0.15) is 56.2 Å². The fourth-order valence-electron chi connectivity index (χ4n) is 2.74. The van der Waals surface area contributed by atoms with Crippen LogP contribution in [0.5, 0.6) is 0 Å². The molecule has 0 atom stereocenters. The largest absolute Gasteiger partial charge is 0.416 e. The highest BCUT2D eigenvalue weighted by Gasteiger charge is 2.30. The van der Waals surface area contributed by atoms with Crippen LogP contribution in [0.3, 0.4) is 0 Å². The molecule has 0 aliphatic carbocycles. The first-order chi connectivity index (χ1) is 12.1. The van der Waals surface area contributed by atoms with Crippen LogP contribution in [-0.2, 0) is 6.18 Å². The van der Waals surface area contributed by atoms with Crippen molar-refractivity contribution in [1.29, 1.82) is 0 Å². The SMILES string of the molecule is CC(C)c1cccc(C(C)C)c1NC(=O)Nc1cccc(C(F)(F)F)c1. The van der Waals surface area contributed by atoms with E-state index >= 15 is 0 Å². The Kier molecular flexibility index (Phi) is 5.95. The van der Waals surface area contributed by atoms with E-state index in [2.05, 4.69) is 10.6 Å². The minimum atomic E-state index is -4.46. The van der Waals surface area contributed by atoms with E-state index in [-0.39, 0.29) is 17.5 Å². The summed E-state index contributed by atoms with van der Waals surface area (Å²) in [6, 6.07) is 9.82. The molecule has 0 aliphatic rings. The Bertz CT molecular complexity index is 757. The Hall–Kier alpha value is -2.50. The number of urea groups is 1. The maximum Gasteiger partial charge on any atom is 0.416 e. The first kappa shape index (κ1) is 19.8. The number of alkyl halides is 3. The zero-order valence-corrected chi connectivity index (χ0v) is 15.2. The van der Waals surface area contributed by atoms with Crippen molar-refractivity contribution < 1.29 is 18.0 Å². The van der Waals surface area contributed by atoms with E-state index in [0.29, 0.717) is 5.69 Å². The number of para-hydroxylation sites is 1. The Morgan fingerprint density at radius 1 is 0.885 bits per heavy atom. The van der Waals surface area contributed by atoms with Gasteiger partial charge in [0.25, 0.3) is 0 Å². The summed E-state index contributed by atoms with van der Waals surface area (Å²) in [7, 11) is 0. The number of hydrogen-bond donors (Lipinski definition) is 2. The van der Waals surface area contributed by atoms with Crippen LogP contribution in [-0.4, -0.2) is 6.03 Å². The summed E-state index contributed by atoms with van der Waals surface area (Å²) in [4.78, 5) is 12.4. The number of rotatable bonds is 4. The maximum atomic E-state index is 12.8. The van der Waals surface area contributed by atoms with Crippen LogP contribution in [0, 0.1) is 0 Å². The molecule has 0 aromatic heterocycles. The van der Waals surface area contributed by atoms with Gasteiger partial charge in [-0.3, -0.25) is 0 Å². The van der Waals surface area contributed by atoms with Crippen molar-refractivity contribution in [2.24, 2.45) is 0 Å². The molecular formula is C20H23F3N2O. The van der Waals surface area contributed by atoms with E-state index in [9.17, 15) is 18.0 Å². The fourth-order valence-corrected chi connectivity index (χ4v) is 2.74. The van der Waals surface area contributed by atoms with Crippen molar-refractivity contribution in [1.82, 2.24) is 0 Å². The van der Waals surface area contributed by atoms with Gasteiger partial charge in [0.2, 0.25) is 0 Å². The van der Waals surface area contributed by atoms with Gasteiger partial charge in [0.1, 0.15) is 0 Å². The Morgan fingerprint density at radius 3 is 1.92 bits per heavy atom. The van der Waals surface area contributed by atoms with Crippen LogP contribution in [0.4, 0.5) is 29.3 Å². The quantitative estimate of drug-likeness (QED) is 0.631. The smallest absolute Gasteiger partial charge is 0.308 e. The van der Waals surface area contributed by atoms with Gasteiger partial charge in [-0.15, -0.1) is 0 Å². The van der Waals surface area contributed by atoms with Gasteiger partial charge in [-0.25, -0.2) is 4.79 Å². The summed E-state index contributed by atoms with van der Waals surface area (Å²) in [5, 5.41) is 5.30. The topological polar surface area (TPSA) is 41.1 Å². The number of carbonyl (C=O) groups is 1. The number of amides is 2. The predicted molar refractivity (Wildman–Crippen MR) is 98.7 cm³/mol.